The fraction of sp³-hybridized carbons (Fsp3) is 0.600. The van der Waals surface area contributed by atoms with E-state index in [9.17, 15) is 9.59 Å². The molecule has 2 heterocycles. The van der Waals surface area contributed by atoms with E-state index < -0.39 is 0 Å². The average molecular weight is 343 g/mol. The van der Waals surface area contributed by atoms with Crippen LogP contribution in [0, 0.1) is 18.8 Å². The van der Waals surface area contributed by atoms with Crippen LogP contribution in [-0.4, -0.2) is 47.8 Å². The molecule has 0 aliphatic carbocycles. The first kappa shape index (κ1) is 17.9. The second-order valence-electron chi connectivity index (χ2n) is 7.56. The summed E-state index contributed by atoms with van der Waals surface area (Å²) in [5, 5.41) is 0. The van der Waals surface area contributed by atoms with Crippen molar-refractivity contribution >= 4 is 11.8 Å². The van der Waals surface area contributed by atoms with Crippen LogP contribution in [-0.2, 0) is 16.1 Å². The van der Waals surface area contributed by atoms with Crippen LogP contribution in [0.15, 0.2) is 24.3 Å². The summed E-state index contributed by atoms with van der Waals surface area (Å²) in [6, 6.07) is 8.64. The lowest BCUT2D eigenvalue weighted by atomic mass is 9.92. The second kappa shape index (κ2) is 8.00. The molecule has 0 spiro atoms. The number of hydrogen-bond acceptors (Lipinski definition) is 3. The summed E-state index contributed by atoms with van der Waals surface area (Å²) < 4.78 is 0. The zero-order valence-corrected chi connectivity index (χ0v) is 15.1. The maximum atomic E-state index is 12.9. The minimum absolute atomic E-state index is 0.0616. The van der Waals surface area contributed by atoms with Crippen molar-refractivity contribution in [2.75, 3.05) is 26.2 Å². The Kier molecular flexibility index (Phi) is 5.74. The largest absolute Gasteiger partial charge is 0.369 e. The number of aryl methyl sites for hydroxylation is 1. The summed E-state index contributed by atoms with van der Waals surface area (Å²) in [5.41, 5.74) is 7.96. The quantitative estimate of drug-likeness (QED) is 0.908. The van der Waals surface area contributed by atoms with Crippen LogP contribution in [0.1, 0.15) is 36.8 Å². The van der Waals surface area contributed by atoms with E-state index in [0.717, 1.165) is 32.5 Å². The molecule has 1 aromatic carbocycles. The molecule has 2 aliphatic heterocycles. The molecule has 2 N–H and O–H groups in total. The molecule has 1 aromatic rings. The molecule has 25 heavy (non-hydrogen) atoms. The normalized spacial score (nSPS) is 22.8. The third-order valence-electron chi connectivity index (χ3n) is 5.59. The Morgan fingerprint density at radius 2 is 1.72 bits per heavy atom. The predicted molar refractivity (Wildman–Crippen MR) is 97.7 cm³/mol. The summed E-state index contributed by atoms with van der Waals surface area (Å²) in [6.07, 6.45) is 3.46. The van der Waals surface area contributed by atoms with Crippen LogP contribution < -0.4 is 5.73 Å². The smallest absolute Gasteiger partial charge is 0.226 e. The Balaban J connectivity index is 1.53. The highest BCUT2D eigenvalue weighted by Crippen LogP contribution is 2.24. The minimum Gasteiger partial charge on any atom is -0.369 e. The Labute approximate surface area is 150 Å². The molecule has 5 heteroatoms. The third kappa shape index (κ3) is 4.60. The lowest BCUT2D eigenvalue weighted by Gasteiger charge is -2.37. The van der Waals surface area contributed by atoms with Crippen molar-refractivity contribution in [1.82, 2.24) is 9.80 Å². The van der Waals surface area contributed by atoms with E-state index in [2.05, 4.69) is 36.1 Å². The number of nitrogens with two attached hydrogens (primary N) is 1. The van der Waals surface area contributed by atoms with E-state index in [1.807, 2.05) is 4.90 Å². The molecule has 0 bridgehead atoms. The van der Waals surface area contributed by atoms with E-state index in [1.54, 1.807) is 0 Å². The van der Waals surface area contributed by atoms with Crippen molar-refractivity contribution in [3.8, 4) is 0 Å². The number of rotatable bonds is 4. The van der Waals surface area contributed by atoms with Gasteiger partial charge in [0.1, 0.15) is 0 Å². The molecule has 5 nitrogen and oxygen atoms in total. The fourth-order valence-corrected chi connectivity index (χ4v) is 3.99. The van der Waals surface area contributed by atoms with Crippen molar-refractivity contribution in [3.05, 3.63) is 35.4 Å². The van der Waals surface area contributed by atoms with Gasteiger partial charge in [0.2, 0.25) is 11.8 Å². The number of benzene rings is 1. The first-order chi connectivity index (χ1) is 12.0. The number of carbonyl (C=O) groups is 2. The Morgan fingerprint density at radius 1 is 1.04 bits per heavy atom. The number of likely N-dealkylation sites (tertiary alicyclic amines) is 2. The predicted octanol–water partition coefficient (Wildman–Crippen LogP) is 1.93. The van der Waals surface area contributed by atoms with Gasteiger partial charge in [0, 0.05) is 32.1 Å². The summed E-state index contributed by atoms with van der Waals surface area (Å²) in [5.74, 6) is 0.0586. The lowest BCUT2D eigenvalue weighted by Crippen LogP contribution is -2.48. The van der Waals surface area contributed by atoms with E-state index in [1.165, 1.54) is 11.1 Å². The van der Waals surface area contributed by atoms with Crippen molar-refractivity contribution in [1.29, 1.82) is 0 Å². The topological polar surface area (TPSA) is 66.6 Å². The third-order valence-corrected chi connectivity index (χ3v) is 5.59. The van der Waals surface area contributed by atoms with Gasteiger partial charge in [0.15, 0.2) is 0 Å². The Hall–Kier alpha value is -1.88. The summed E-state index contributed by atoms with van der Waals surface area (Å²) in [7, 11) is 0. The number of carbonyl (C=O) groups excluding carboxylic acids is 2. The first-order valence-corrected chi connectivity index (χ1v) is 9.39. The van der Waals surface area contributed by atoms with Crippen LogP contribution in [0.25, 0.3) is 0 Å². The number of nitrogens with zero attached hydrogens (tertiary/aromatic N) is 2. The van der Waals surface area contributed by atoms with Crippen molar-refractivity contribution < 1.29 is 9.59 Å². The highest BCUT2D eigenvalue weighted by atomic mass is 16.2. The van der Waals surface area contributed by atoms with Gasteiger partial charge in [-0.15, -0.1) is 0 Å². The molecule has 2 amide bonds. The molecular formula is C20H29N3O2. The molecule has 3 rings (SSSR count). The molecule has 136 valence electrons. The lowest BCUT2D eigenvalue weighted by molar-refractivity contribution is -0.140. The number of primary amides is 1. The first-order valence-electron chi connectivity index (χ1n) is 9.39. The minimum atomic E-state index is -0.228. The van der Waals surface area contributed by atoms with E-state index in [-0.39, 0.29) is 23.7 Å². The van der Waals surface area contributed by atoms with Crippen LogP contribution in [0.4, 0.5) is 0 Å². The number of amides is 2. The number of hydrogen-bond donors (Lipinski definition) is 1. The highest BCUT2D eigenvalue weighted by molar-refractivity contribution is 5.80. The molecule has 1 atom stereocenters. The molecule has 2 fully saturated rings. The molecule has 2 saturated heterocycles. The van der Waals surface area contributed by atoms with Gasteiger partial charge >= 0.3 is 0 Å². The van der Waals surface area contributed by atoms with E-state index in [4.69, 9.17) is 5.73 Å². The van der Waals surface area contributed by atoms with Gasteiger partial charge in [-0.25, -0.2) is 0 Å². The summed E-state index contributed by atoms with van der Waals surface area (Å²) >= 11 is 0. The van der Waals surface area contributed by atoms with Crippen LogP contribution in [0.5, 0.6) is 0 Å². The van der Waals surface area contributed by atoms with Crippen LogP contribution in [0.2, 0.25) is 0 Å². The zero-order valence-electron chi connectivity index (χ0n) is 15.1. The average Bonchev–Trinajstić information content (AvgIpc) is 2.63. The SMILES string of the molecule is Cc1ccc(CN2CCCC(C(=O)N3CCC(C(N)=O)CC3)C2)cc1. The van der Waals surface area contributed by atoms with Gasteiger partial charge in [-0.05, 0) is 44.7 Å². The van der Waals surface area contributed by atoms with Crippen molar-refractivity contribution in [2.45, 2.75) is 39.2 Å². The number of piperidine rings is 2. The van der Waals surface area contributed by atoms with Gasteiger partial charge in [0.05, 0.1) is 5.92 Å². The molecule has 0 aromatic heterocycles. The zero-order chi connectivity index (χ0) is 17.8. The van der Waals surface area contributed by atoms with Crippen molar-refractivity contribution in [3.63, 3.8) is 0 Å². The maximum Gasteiger partial charge on any atom is 0.226 e. The van der Waals surface area contributed by atoms with Crippen LogP contribution >= 0.6 is 0 Å². The summed E-state index contributed by atoms with van der Waals surface area (Å²) in [6.45, 7) is 6.24. The fourth-order valence-electron chi connectivity index (χ4n) is 3.99. The van der Waals surface area contributed by atoms with Gasteiger partial charge in [-0.1, -0.05) is 29.8 Å². The standard InChI is InChI=1S/C20H29N3O2/c1-15-4-6-16(7-5-15)13-22-10-2-3-18(14-22)20(25)23-11-8-17(9-12-23)19(21)24/h4-7,17-18H,2-3,8-14H2,1H3,(H2,21,24). The second-order valence-corrected chi connectivity index (χ2v) is 7.56. The van der Waals surface area contributed by atoms with E-state index in [0.29, 0.717) is 25.9 Å². The molecular weight excluding hydrogens is 314 g/mol. The van der Waals surface area contributed by atoms with E-state index >= 15 is 0 Å². The summed E-state index contributed by atoms with van der Waals surface area (Å²) in [4.78, 5) is 28.5. The maximum absolute atomic E-state index is 12.9. The van der Waals surface area contributed by atoms with Gasteiger partial charge in [0.25, 0.3) is 0 Å². The molecule has 0 saturated carbocycles. The van der Waals surface area contributed by atoms with Gasteiger partial charge in [-0.2, -0.15) is 0 Å². The highest BCUT2D eigenvalue weighted by Gasteiger charge is 2.32. The molecule has 2 aliphatic rings. The monoisotopic (exact) mass is 343 g/mol. The van der Waals surface area contributed by atoms with Crippen LogP contribution in [0.3, 0.4) is 0 Å². The van der Waals surface area contributed by atoms with Crippen molar-refractivity contribution in [2.24, 2.45) is 17.6 Å². The van der Waals surface area contributed by atoms with Gasteiger partial charge in [-0.3, -0.25) is 14.5 Å². The molecule has 0 radical (unpaired) electrons. The Morgan fingerprint density at radius 3 is 2.36 bits per heavy atom. The van der Waals surface area contributed by atoms with Gasteiger partial charge < -0.3 is 10.6 Å². The Bertz CT molecular complexity index is 606. The molecule has 1 unspecified atom stereocenters.